The van der Waals surface area contributed by atoms with Crippen LogP contribution in [0.1, 0.15) is 0 Å². The highest BCUT2D eigenvalue weighted by Gasteiger charge is 2.23. The minimum atomic E-state index is 0.706. The minimum Gasteiger partial charge on any atom is -0.456 e. The lowest BCUT2D eigenvalue weighted by molar-refractivity contribution is 0.669. The molecule has 0 unspecified atom stereocenters. The molecule has 0 saturated heterocycles. The number of para-hydroxylation sites is 3. The standard InChI is InChI=1S/C54H32N4O/c1-2-14-34(15-3-1)53-39-19-6-9-21-43(39)55-54(56-53)35-25-27-36(28-26-35)57-45-22-10-7-20-40(45)51-46(57)29-30-47-52(51)42-31-41-38-18-8-11-24-49(38)59-50(41)32-48(42)58(47)44-23-12-16-33-13-4-5-17-37(33)44/h1-32H. The first kappa shape index (κ1) is 32.1. The van der Waals surface area contributed by atoms with E-state index in [1.165, 1.54) is 32.3 Å². The van der Waals surface area contributed by atoms with Crippen molar-refractivity contribution >= 4 is 87.2 Å². The Balaban J connectivity index is 1.07. The van der Waals surface area contributed by atoms with E-state index in [0.717, 1.165) is 83.1 Å². The highest BCUT2D eigenvalue weighted by molar-refractivity contribution is 6.30. The third-order valence-electron chi connectivity index (χ3n) is 12.1. The van der Waals surface area contributed by atoms with E-state index >= 15 is 0 Å². The zero-order valence-corrected chi connectivity index (χ0v) is 31.7. The fourth-order valence-corrected chi connectivity index (χ4v) is 9.51. The maximum Gasteiger partial charge on any atom is 0.160 e. The van der Waals surface area contributed by atoms with Gasteiger partial charge >= 0.3 is 0 Å². The largest absolute Gasteiger partial charge is 0.456 e. The van der Waals surface area contributed by atoms with Crippen molar-refractivity contribution in [2.45, 2.75) is 0 Å². The first-order valence-electron chi connectivity index (χ1n) is 20.0. The number of fused-ring (bicyclic) bond motifs is 12. The molecule has 9 aromatic carbocycles. The lowest BCUT2D eigenvalue weighted by Gasteiger charge is -2.12. The SMILES string of the molecule is c1ccc(-c2nc(-c3ccc(-n4c5ccccc5c5c6c7cc8c(cc7n(-c7cccc9ccccc79)c6ccc54)oc4ccccc48)cc3)nc3ccccc23)cc1. The molecule has 4 heterocycles. The van der Waals surface area contributed by atoms with Crippen LogP contribution in [0.4, 0.5) is 0 Å². The first-order chi connectivity index (χ1) is 29.3. The normalized spacial score (nSPS) is 12.1. The summed E-state index contributed by atoms with van der Waals surface area (Å²) in [7, 11) is 0. The van der Waals surface area contributed by atoms with Gasteiger partial charge in [-0.2, -0.15) is 0 Å². The Morgan fingerprint density at radius 1 is 0.373 bits per heavy atom. The van der Waals surface area contributed by atoms with Crippen LogP contribution in [0.3, 0.4) is 0 Å². The molecular formula is C54H32N4O. The van der Waals surface area contributed by atoms with E-state index in [0.29, 0.717) is 5.82 Å². The number of hydrogen-bond acceptors (Lipinski definition) is 3. The molecule has 0 radical (unpaired) electrons. The zero-order valence-electron chi connectivity index (χ0n) is 31.7. The number of nitrogens with zero attached hydrogens (tertiary/aromatic N) is 4. The summed E-state index contributed by atoms with van der Waals surface area (Å²) in [5, 5.41) is 10.5. The molecule has 0 aliphatic rings. The topological polar surface area (TPSA) is 48.8 Å². The molecule has 5 nitrogen and oxygen atoms in total. The van der Waals surface area contributed by atoms with Crippen LogP contribution >= 0.6 is 0 Å². The molecule has 4 aromatic heterocycles. The molecule has 13 rings (SSSR count). The van der Waals surface area contributed by atoms with Crippen LogP contribution in [0.2, 0.25) is 0 Å². The Hall–Kier alpha value is -8.02. The van der Waals surface area contributed by atoms with Crippen molar-refractivity contribution in [1.82, 2.24) is 19.1 Å². The third-order valence-corrected chi connectivity index (χ3v) is 12.1. The van der Waals surface area contributed by atoms with Gasteiger partial charge in [0.25, 0.3) is 0 Å². The molecule has 0 atom stereocenters. The second-order valence-electron chi connectivity index (χ2n) is 15.3. The zero-order chi connectivity index (χ0) is 38.6. The lowest BCUT2D eigenvalue weighted by atomic mass is 10.0. The summed E-state index contributed by atoms with van der Waals surface area (Å²) in [6.07, 6.45) is 0. The number of rotatable bonds is 4. The van der Waals surface area contributed by atoms with Crippen molar-refractivity contribution in [3.05, 3.63) is 194 Å². The summed E-state index contributed by atoms with van der Waals surface area (Å²) in [4.78, 5) is 10.2. The predicted molar refractivity (Wildman–Crippen MR) is 244 cm³/mol. The number of furan rings is 1. The highest BCUT2D eigenvalue weighted by atomic mass is 16.3. The minimum absolute atomic E-state index is 0.706. The summed E-state index contributed by atoms with van der Waals surface area (Å²) >= 11 is 0. The Kier molecular flexibility index (Phi) is 6.66. The quantitative estimate of drug-likeness (QED) is 0.180. The second-order valence-corrected chi connectivity index (χ2v) is 15.3. The summed E-state index contributed by atoms with van der Waals surface area (Å²) < 4.78 is 11.4. The molecule has 0 aliphatic carbocycles. The van der Waals surface area contributed by atoms with E-state index in [-0.39, 0.29) is 0 Å². The predicted octanol–water partition coefficient (Wildman–Crippen LogP) is 14.2. The van der Waals surface area contributed by atoms with Gasteiger partial charge in [0, 0.05) is 66.0 Å². The summed E-state index contributed by atoms with van der Waals surface area (Å²) in [5.41, 5.74) is 12.5. The second kappa shape index (κ2) is 12.2. The van der Waals surface area contributed by atoms with Crippen molar-refractivity contribution in [2.75, 3.05) is 0 Å². The molecule has 0 bridgehead atoms. The average Bonchev–Trinajstić information content (AvgIpc) is 3.95. The number of benzene rings is 9. The fourth-order valence-electron chi connectivity index (χ4n) is 9.51. The van der Waals surface area contributed by atoms with Crippen LogP contribution in [0, 0.1) is 0 Å². The first-order valence-corrected chi connectivity index (χ1v) is 20.0. The molecular weight excluding hydrogens is 721 g/mol. The van der Waals surface area contributed by atoms with Gasteiger partial charge in [0.1, 0.15) is 11.2 Å². The van der Waals surface area contributed by atoms with Crippen molar-refractivity contribution < 1.29 is 4.42 Å². The molecule has 0 saturated carbocycles. The van der Waals surface area contributed by atoms with E-state index < -0.39 is 0 Å². The van der Waals surface area contributed by atoms with Crippen molar-refractivity contribution in [2.24, 2.45) is 0 Å². The van der Waals surface area contributed by atoms with Crippen LogP contribution in [-0.2, 0) is 0 Å². The molecule has 0 N–H and O–H groups in total. The molecule has 59 heavy (non-hydrogen) atoms. The van der Waals surface area contributed by atoms with Gasteiger partial charge < -0.3 is 13.6 Å². The summed E-state index contributed by atoms with van der Waals surface area (Å²) in [6.45, 7) is 0. The van der Waals surface area contributed by atoms with Gasteiger partial charge in [-0.3, -0.25) is 0 Å². The maximum absolute atomic E-state index is 6.52. The lowest BCUT2D eigenvalue weighted by Crippen LogP contribution is -1.97. The number of hydrogen-bond donors (Lipinski definition) is 0. The van der Waals surface area contributed by atoms with Gasteiger partial charge in [-0.15, -0.1) is 0 Å². The van der Waals surface area contributed by atoms with Gasteiger partial charge in [0.2, 0.25) is 0 Å². The monoisotopic (exact) mass is 752 g/mol. The molecule has 0 spiro atoms. The van der Waals surface area contributed by atoms with Crippen LogP contribution in [0.15, 0.2) is 199 Å². The van der Waals surface area contributed by atoms with E-state index in [2.05, 4.69) is 179 Å². The Bertz CT molecular complexity index is 3830. The Morgan fingerprint density at radius 2 is 1.05 bits per heavy atom. The van der Waals surface area contributed by atoms with Crippen LogP contribution in [-0.4, -0.2) is 19.1 Å². The molecule has 13 aromatic rings. The molecule has 0 fully saturated rings. The van der Waals surface area contributed by atoms with Gasteiger partial charge in [0.15, 0.2) is 5.82 Å². The van der Waals surface area contributed by atoms with Crippen molar-refractivity contribution in [1.29, 1.82) is 0 Å². The molecule has 0 amide bonds. The van der Waals surface area contributed by atoms with Crippen molar-refractivity contribution in [3.8, 4) is 34.0 Å². The van der Waals surface area contributed by atoms with E-state index in [1.807, 2.05) is 24.3 Å². The molecule has 5 heteroatoms. The van der Waals surface area contributed by atoms with E-state index in [9.17, 15) is 0 Å². The van der Waals surface area contributed by atoms with Gasteiger partial charge in [0.05, 0.1) is 39.0 Å². The maximum atomic E-state index is 6.52. The average molecular weight is 753 g/mol. The fraction of sp³-hybridized carbons (Fsp3) is 0. The van der Waals surface area contributed by atoms with Crippen molar-refractivity contribution in [3.63, 3.8) is 0 Å². The smallest absolute Gasteiger partial charge is 0.160 e. The Morgan fingerprint density at radius 3 is 1.92 bits per heavy atom. The Labute approximate surface area is 337 Å². The van der Waals surface area contributed by atoms with Gasteiger partial charge in [-0.25, -0.2) is 9.97 Å². The van der Waals surface area contributed by atoms with Gasteiger partial charge in [-0.05, 0) is 72.1 Å². The summed E-state index contributed by atoms with van der Waals surface area (Å²) in [5.74, 6) is 0.706. The molecule has 274 valence electrons. The van der Waals surface area contributed by atoms with Crippen LogP contribution in [0.25, 0.3) is 121 Å². The van der Waals surface area contributed by atoms with Crippen LogP contribution in [0.5, 0.6) is 0 Å². The highest BCUT2D eigenvalue weighted by Crippen LogP contribution is 2.45. The number of aromatic nitrogens is 4. The van der Waals surface area contributed by atoms with E-state index in [1.54, 1.807) is 0 Å². The van der Waals surface area contributed by atoms with Crippen LogP contribution < -0.4 is 0 Å². The summed E-state index contributed by atoms with van der Waals surface area (Å²) in [6, 6.07) is 68.9. The van der Waals surface area contributed by atoms with Gasteiger partial charge in [-0.1, -0.05) is 121 Å². The van der Waals surface area contributed by atoms with E-state index in [4.69, 9.17) is 14.4 Å². The third kappa shape index (κ3) is 4.67. The molecule has 0 aliphatic heterocycles.